The number of aromatic nitrogens is 4. The Morgan fingerprint density at radius 2 is 1.20 bits per heavy atom. The smallest absolute Gasteiger partial charge is 0.238 e. The fraction of sp³-hybridized carbons (Fsp3) is 0. The summed E-state index contributed by atoms with van der Waals surface area (Å²) in [5, 5.41) is 7.06. The zero-order chi connectivity index (χ0) is 29.5. The lowest BCUT2D eigenvalue weighted by Gasteiger charge is -2.11. The molecule has 10 rings (SSSR count). The number of benzene rings is 6. The highest BCUT2D eigenvalue weighted by Gasteiger charge is 2.21. The summed E-state index contributed by atoms with van der Waals surface area (Å²) in [6, 6.07) is 46.1. The van der Waals surface area contributed by atoms with Crippen LogP contribution in [0.25, 0.3) is 92.6 Å². The molecule has 6 aromatic carbocycles. The van der Waals surface area contributed by atoms with Crippen molar-refractivity contribution < 1.29 is 4.42 Å². The Kier molecular flexibility index (Phi) is 5.09. The van der Waals surface area contributed by atoms with Crippen LogP contribution in [0, 0.1) is 0 Å². The molecule has 45 heavy (non-hydrogen) atoms. The maximum absolute atomic E-state index is 6.12. The van der Waals surface area contributed by atoms with Gasteiger partial charge in [-0.05, 0) is 42.5 Å². The molecular formula is C39H22N4OS. The maximum atomic E-state index is 6.12. The normalized spacial score (nSPS) is 12.0. The molecule has 0 unspecified atom stereocenters. The zero-order valence-corrected chi connectivity index (χ0v) is 24.6. The predicted molar refractivity (Wildman–Crippen MR) is 185 cm³/mol. The summed E-state index contributed by atoms with van der Waals surface area (Å²) in [6.07, 6.45) is 0. The first-order valence-corrected chi connectivity index (χ1v) is 15.7. The van der Waals surface area contributed by atoms with Crippen molar-refractivity contribution in [2.45, 2.75) is 0 Å². The van der Waals surface area contributed by atoms with E-state index in [1.54, 1.807) is 0 Å². The Morgan fingerprint density at radius 1 is 0.489 bits per heavy atom. The SMILES string of the molecule is c1ccc(-c2nc(-c3ccc4oc5ccccc5c4c3)nc(-n3c4ccccc4c4c5sc6ccccc6c5ccc43)n2)cc1. The fourth-order valence-corrected chi connectivity index (χ4v) is 7.88. The number of nitrogens with zero attached hydrogens (tertiary/aromatic N) is 4. The lowest BCUT2D eigenvalue weighted by Crippen LogP contribution is -2.06. The molecule has 0 saturated carbocycles. The van der Waals surface area contributed by atoms with Gasteiger partial charge in [-0.25, -0.2) is 4.98 Å². The molecule has 0 bridgehead atoms. The van der Waals surface area contributed by atoms with E-state index in [2.05, 4.69) is 77.4 Å². The second-order valence-electron chi connectivity index (χ2n) is 11.2. The number of fused-ring (bicyclic) bond motifs is 10. The summed E-state index contributed by atoms with van der Waals surface area (Å²) in [5.74, 6) is 1.82. The summed E-state index contributed by atoms with van der Waals surface area (Å²) in [7, 11) is 0. The molecule has 0 radical (unpaired) electrons. The van der Waals surface area contributed by atoms with E-state index in [1.165, 1.54) is 30.9 Å². The summed E-state index contributed by atoms with van der Waals surface area (Å²) in [6.45, 7) is 0. The van der Waals surface area contributed by atoms with E-state index >= 15 is 0 Å². The van der Waals surface area contributed by atoms with Gasteiger partial charge in [0.05, 0.1) is 11.0 Å². The van der Waals surface area contributed by atoms with E-state index in [4.69, 9.17) is 19.4 Å². The van der Waals surface area contributed by atoms with Gasteiger partial charge in [0, 0.05) is 52.8 Å². The number of hydrogen-bond acceptors (Lipinski definition) is 5. The molecule has 0 aliphatic carbocycles. The lowest BCUT2D eigenvalue weighted by molar-refractivity contribution is 0.669. The van der Waals surface area contributed by atoms with Crippen molar-refractivity contribution in [3.05, 3.63) is 133 Å². The van der Waals surface area contributed by atoms with Gasteiger partial charge in [0.15, 0.2) is 11.6 Å². The molecule has 0 spiro atoms. The summed E-state index contributed by atoms with van der Waals surface area (Å²) in [5.41, 5.74) is 5.68. The largest absolute Gasteiger partial charge is 0.456 e. The summed E-state index contributed by atoms with van der Waals surface area (Å²) >= 11 is 1.84. The Labute approximate surface area is 260 Å². The first kappa shape index (κ1) is 24.6. The van der Waals surface area contributed by atoms with Crippen molar-refractivity contribution in [3.8, 4) is 28.7 Å². The quantitative estimate of drug-likeness (QED) is 0.204. The van der Waals surface area contributed by atoms with Crippen LogP contribution in [0.2, 0.25) is 0 Å². The Hall–Kier alpha value is -5.85. The topological polar surface area (TPSA) is 56.7 Å². The van der Waals surface area contributed by atoms with Gasteiger partial charge in [-0.1, -0.05) is 91.0 Å². The van der Waals surface area contributed by atoms with E-state index in [-0.39, 0.29) is 0 Å². The number of rotatable bonds is 3. The van der Waals surface area contributed by atoms with Gasteiger partial charge in [0.2, 0.25) is 5.95 Å². The lowest BCUT2D eigenvalue weighted by atomic mass is 10.1. The third kappa shape index (κ3) is 3.63. The molecule has 210 valence electrons. The molecule has 0 aliphatic rings. The highest BCUT2D eigenvalue weighted by Crippen LogP contribution is 2.43. The van der Waals surface area contributed by atoms with Gasteiger partial charge in [0.1, 0.15) is 11.2 Å². The molecule has 0 atom stereocenters. The van der Waals surface area contributed by atoms with Crippen LogP contribution in [0.15, 0.2) is 138 Å². The minimum Gasteiger partial charge on any atom is -0.456 e. The van der Waals surface area contributed by atoms with Crippen LogP contribution >= 0.6 is 11.3 Å². The van der Waals surface area contributed by atoms with Gasteiger partial charge in [-0.3, -0.25) is 4.57 Å². The monoisotopic (exact) mass is 594 g/mol. The van der Waals surface area contributed by atoms with Crippen LogP contribution in [0.3, 0.4) is 0 Å². The minimum atomic E-state index is 0.586. The molecule has 4 heterocycles. The molecule has 4 aromatic heterocycles. The molecule has 0 amide bonds. The average molecular weight is 595 g/mol. The summed E-state index contributed by atoms with van der Waals surface area (Å²) < 4.78 is 10.9. The average Bonchev–Trinajstić information content (AvgIpc) is 3.77. The van der Waals surface area contributed by atoms with Crippen molar-refractivity contribution >= 4 is 75.3 Å². The third-order valence-electron chi connectivity index (χ3n) is 8.67. The first-order chi connectivity index (χ1) is 22.3. The molecule has 0 N–H and O–H groups in total. The van der Waals surface area contributed by atoms with Crippen molar-refractivity contribution in [2.75, 3.05) is 0 Å². The first-order valence-electron chi connectivity index (χ1n) is 14.9. The second kappa shape index (κ2) is 9.32. The van der Waals surface area contributed by atoms with Crippen LogP contribution in [-0.4, -0.2) is 19.5 Å². The van der Waals surface area contributed by atoms with Gasteiger partial charge in [-0.2, -0.15) is 9.97 Å². The number of hydrogen-bond donors (Lipinski definition) is 0. The van der Waals surface area contributed by atoms with Crippen LogP contribution in [0.4, 0.5) is 0 Å². The highest BCUT2D eigenvalue weighted by atomic mass is 32.1. The van der Waals surface area contributed by atoms with E-state index in [0.717, 1.165) is 44.1 Å². The molecule has 0 fully saturated rings. The van der Waals surface area contributed by atoms with Crippen LogP contribution in [0.1, 0.15) is 0 Å². The molecule has 5 nitrogen and oxygen atoms in total. The Morgan fingerprint density at radius 3 is 2.09 bits per heavy atom. The fourth-order valence-electron chi connectivity index (χ4n) is 6.63. The van der Waals surface area contributed by atoms with Crippen molar-refractivity contribution in [2.24, 2.45) is 0 Å². The summed E-state index contributed by atoms with van der Waals surface area (Å²) in [4.78, 5) is 15.3. The van der Waals surface area contributed by atoms with E-state index in [9.17, 15) is 0 Å². The van der Waals surface area contributed by atoms with Crippen LogP contribution < -0.4 is 0 Å². The van der Waals surface area contributed by atoms with Crippen LogP contribution in [0.5, 0.6) is 0 Å². The van der Waals surface area contributed by atoms with E-state index < -0.39 is 0 Å². The number of para-hydroxylation sites is 2. The predicted octanol–water partition coefficient (Wildman–Crippen LogP) is 10.6. The molecule has 0 saturated heterocycles. The highest BCUT2D eigenvalue weighted by molar-refractivity contribution is 7.26. The second-order valence-corrected chi connectivity index (χ2v) is 12.3. The number of thiophene rings is 1. The van der Waals surface area contributed by atoms with Crippen molar-refractivity contribution in [1.29, 1.82) is 0 Å². The van der Waals surface area contributed by atoms with Gasteiger partial charge in [-0.15, -0.1) is 11.3 Å². The molecular weight excluding hydrogens is 573 g/mol. The molecule has 10 aromatic rings. The molecule has 6 heteroatoms. The zero-order valence-electron chi connectivity index (χ0n) is 23.8. The van der Waals surface area contributed by atoms with Gasteiger partial charge < -0.3 is 4.42 Å². The Balaban J connectivity index is 1.28. The minimum absolute atomic E-state index is 0.586. The van der Waals surface area contributed by atoms with E-state index in [0.29, 0.717) is 17.6 Å². The number of furan rings is 1. The van der Waals surface area contributed by atoms with Crippen LogP contribution in [-0.2, 0) is 0 Å². The van der Waals surface area contributed by atoms with Gasteiger partial charge in [0.25, 0.3) is 0 Å². The molecule has 0 aliphatic heterocycles. The van der Waals surface area contributed by atoms with Crippen molar-refractivity contribution in [3.63, 3.8) is 0 Å². The Bertz CT molecular complexity index is 2770. The third-order valence-corrected chi connectivity index (χ3v) is 9.87. The van der Waals surface area contributed by atoms with Crippen molar-refractivity contribution in [1.82, 2.24) is 19.5 Å². The van der Waals surface area contributed by atoms with E-state index in [1.807, 2.05) is 72.0 Å². The van der Waals surface area contributed by atoms with Gasteiger partial charge >= 0.3 is 0 Å². The standard InChI is InChI=1S/C39H22N4OS/c1-2-10-23(11-3-1)37-40-38(24-18-21-33-29(22-24)25-12-5-8-16-32(25)44-33)42-39(41-37)43-30-15-7-4-14-28(30)35-31(43)20-19-27-26-13-6-9-17-34(26)45-36(27)35/h1-22H. The maximum Gasteiger partial charge on any atom is 0.238 e.